The number of carboxylic acids is 1. The van der Waals surface area contributed by atoms with Crippen LogP contribution in [0.15, 0.2) is 22.9 Å². The van der Waals surface area contributed by atoms with Gasteiger partial charge in [0.1, 0.15) is 28.7 Å². The number of anilines is 1. The first-order valence-corrected chi connectivity index (χ1v) is 5.11. The van der Waals surface area contributed by atoms with Gasteiger partial charge >= 0.3 is 5.97 Å². The molecule has 0 fully saturated rings. The zero-order valence-electron chi connectivity index (χ0n) is 9.48. The van der Waals surface area contributed by atoms with E-state index in [1.165, 1.54) is 0 Å². The van der Waals surface area contributed by atoms with Crippen molar-refractivity contribution in [2.75, 3.05) is 5.32 Å². The van der Waals surface area contributed by atoms with Gasteiger partial charge in [-0.05, 0) is 13.0 Å². The van der Waals surface area contributed by atoms with Gasteiger partial charge in [-0.2, -0.15) is 0 Å². The van der Waals surface area contributed by atoms with Crippen LogP contribution in [0.2, 0.25) is 0 Å². The highest BCUT2D eigenvalue weighted by atomic mass is 19.1. The smallest absolute Gasteiger partial charge is 0.339 e. The van der Waals surface area contributed by atoms with Gasteiger partial charge in [0, 0.05) is 6.07 Å². The van der Waals surface area contributed by atoms with Crippen LogP contribution in [0.1, 0.15) is 21.8 Å². The molecule has 6 nitrogen and oxygen atoms in total. The van der Waals surface area contributed by atoms with Crippen LogP contribution in [-0.4, -0.2) is 21.2 Å². The summed E-state index contributed by atoms with van der Waals surface area (Å²) < 4.78 is 17.8. The van der Waals surface area contributed by atoms with E-state index < -0.39 is 11.8 Å². The standard InChI is InChI=1S/C11H10FN3O3/c1-6-2-8(15-18-6)5-14-10-9(11(16)17)3-7(12)4-13-10/h2-4H,5H2,1H3,(H,13,14)(H,16,17). The monoisotopic (exact) mass is 251 g/mol. The molecule has 0 atom stereocenters. The highest BCUT2D eigenvalue weighted by Crippen LogP contribution is 2.14. The van der Waals surface area contributed by atoms with E-state index in [0.29, 0.717) is 11.5 Å². The average Bonchev–Trinajstić information content (AvgIpc) is 2.73. The minimum absolute atomic E-state index is 0.0875. The summed E-state index contributed by atoms with van der Waals surface area (Å²) >= 11 is 0. The molecule has 0 saturated carbocycles. The minimum Gasteiger partial charge on any atom is -0.478 e. The lowest BCUT2D eigenvalue weighted by molar-refractivity contribution is 0.0697. The molecule has 0 aliphatic heterocycles. The fourth-order valence-corrected chi connectivity index (χ4v) is 1.42. The van der Waals surface area contributed by atoms with Gasteiger partial charge in [0.2, 0.25) is 0 Å². The number of rotatable bonds is 4. The third-order valence-electron chi connectivity index (χ3n) is 2.20. The Balaban J connectivity index is 2.16. The van der Waals surface area contributed by atoms with E-state index in [0.717, 1.165) is 12.3 Å². The van der Waals surface area contributed by atoms with Gasteiger partial charge in [0.15, 0.2) is 0 Å². The quantitative estimate of drug-likeness (QED) is 0.861. The molecule has 0 spiro atoms. The third kappa shape index (κ3) is 2.62. The molecule has 0 bridgehead atoms. The topological polar surface area (TPSA) is 88.2 Å². The van der Waals surface area contributed by atoms with E-state index in [4.69, 9.17) is 9.63 Å². The Hall–Kier alpha value is -2.44. The summed E-state index contributed by atoms with van der Waals surface area (Å²) in [5.74, 6) is -1.21. The first-order valence-electron chi connectivity index (χ1n) is 5.11. The SMILES string of the molecule is Cc1cc(CNc2ncc(F)cc2C(=O)O)no1. The molecule has 0 aromatic carbocycles. The number of aromatic nitrogens is 2. The maximum atomic E-state index is 12.9. The maximum Gasteiger partial charge on any atom is 0.339 e. The molecule has 0 unspecified atom stereocenters. The minimum atomic E-state index is -1.25. The van der Waals surface area contributed by atoms with E-state index in [-0.39, 0.29) is 17.9 Å². The molecule has 2 aromatic heterocycles. The zero-order valence-corrected chi connectivity index (χ0v) is 9.48. The molecular formula is C11H10FN3O3. The Morgan fingerprint density at radius 2 is 2.33 bits per heavy atom. The van der Waals surface area contributed by atoms with Gasteiger partial charge in [0.25, 0.3) is 0 Å². The number of nitrogens with zero attached hydrogens (tertiary/aromatic N) is 2. The van der Waals surface area contributed by atoms with Crippen LogP contribution in [0.4, 0.5) is 10.2 Å². The highest BCUT2D eigenvalue weighted by Gasteiger charge is 2.13. The van der Waals surface area contributed by atoms with Crippen molar-refractivity contribution in [1.29, 1.82) is 0 Å². The first-order chi connectivity index (χ1) is 8.56. The van der Waals surface area contributed by atoms with Crippen LogP contribution >= 0.6 is 0 Å². The number of carbonyl (C=O) groups is 1. The second-order valence-corrected chi connectivity index (χ2v) is 3.64. The molecule has 2 N–H and O–H groups in total. The van der Waals surface area contributed by atoms with E-state index in [9.17, 15) is 9.18 Å². The molecule has 2 heterocycles. The largest absolute Gasteiger partial charge is 0.478 e. The number of aromatic carboxylic acids is 1. The van der Waals surface area contributed by atoms with E-state index in [1.807, 2.05) is 0 Å². The third-order valence-corrected chi connectivity index (χ3v) is 2.20. The second kappa shape index (κ2) is 4.82. The summed E-state index contributed by atoms with van der Waals surface area (Å²) in [5.41, 5.74) is 0.380. The summed E-state index contributed by atoms with van der Waals surface area (Å²) in [4.78, 5) is 14.6. The Morgan fingerprint density at radius 3 is 2.94 bits per heavy atom. The van der Waals surface area contributed by atoms with E-state index in [2.05, 4.69) is 15.5 Å². The predicted octanol–water partition coefficient (Wildman–Crippen LogP) is 1.83. The summed E-state index contributed by atoms with van der Waals surface area (Å²) in [6.07, 6.45) is 0.947. The maximum absolute atomic E-state index is 12.9. The van der Waals surface area contributed by atoms with Gasteiger partial charge in [-0.25, -0.2) is 14.2 Å². The second-order valence-electron chi connectivity index (χ2n) is 3.64. The van der Waals surface area contributed by atoms with Crippen molar-refractivity contribution in [2.24, 2.45) is 0 Å². The number of nitrogens with one attached hydrogen (secondary N) is 1. The van der Waals surface area contributed by atoms with Crippen molar-refractivity contribution in [1.82, 2.24) is 10.1 Å². The van der Waals surface area contributed by atoms with E-state index in [1.54, 1.807) is 13.0 Å². The molecule has 7 heteroatoms. The van der Waals surface area contributed by atoms with Crippen molar-refractivity contribution >= 4 is 11.8 Å². The van der Waals surface area contributed by atoms with Crippen LogP contribution < -0.4 is 5.32 Å². The van der Waals surface area contributed by atoms with Gasteiger partial charge < -0.3 is 14.9 Å². The van der Waals surface area contributed by atoms with Crippen molar-refractivity contribution < 1.29 is 18.8 Å². The molecule has 0 aliphatic carbocycles. The lowest BCUT2D eigenvalue weighted by Crippen LogP contribution is -2.09. The predicted molar refractivity (Wildman–Crippen MR) is 59.7 cm³/mol. The Morgan fingerprint density at radius 1 is 1.56 bits per heavy atom. The molecule has 2 aromatic rings. The van der Waals surface area contributed by atoms with Crippen molar-refractivity contribution in [2.45, 2.75) is 13.5 Å². The van der Waals surface area contributed by atoms with Gasteiger partial charge in [-0.1, -0.05) is 5.16 Å². The number of hydrogen-bond acceptors (Lipinski definition) is 5. The number of aryl methyl sites for hydroxylation is 1. The van der Waals surface area contributed by atoms with Crippen LogP contribution in [0.25, 0.3) is 0 Å². The molecule has 18 heavy (non-hydrogen) atoms. The molecule has 2 rings (SSSR count). The van der Waals surface area contributed by atoms with Crippen molar-refractivity contribution in [3.63, 3.8) is 0 Å². The van der Waals surface area contributed by atoms with Crippen LogP contribution in [0.3, 0.4) is 0 Å². The molecule has 0 radical (unpaired) electrons. The molecule has 94 valence electrons. The summed E-state index contributed by atoms with van der Waals surface area (Å²) in [5, 5.41) is 15.4. The molecular weight excluding hydrogens is 241 g/mol. The number of pyridine rings is 1. The van der Waals surface area contributed by atoms with Crippen LogP contribution in [0.5, 0.6) is 0 Å². The lowest BCUT2D eigenvalue weighted by atomic mass is 10.2. The van der Waals surface area contributed by atoms with Crippen molar-refractivity contribution in [3.05, 3.63) is 41.2 Å². The normalized spacial score (nSPS) is 10.3. The zero-order chi connectivity index (χ0) is 13.1. The summed E-state index contributed by atoms with van der Waals surface area (Å²) in [6.45, 7) is 1.99. The number of halogens is 1. The highest BCUT2D eigenvalue weighted by molar-refractivity contribution is 5.93. The average molecular weight is 251 g/mol. The molecule has 0 amide bonds. The van der Waals surface area contributed by atoms with Crippen molar-refractivity contribution in [3.8, 4) is 0 Å². The number of hydrogen-bond donors (Lipinski definition) is 2. The Labute approximate surface area is 101 Å². The fourth-order valence-electron chi connectivity index (χ4n) is 1.42. The number of carboxylic acid groups (broad SMARTS) is 1. The van der Waals surface area contributed by atoms with E-state index >= 15 is 0 Å². The van der Waals surface area contributed by atoms with Crippen LogP contribution in [-0.2, 0) is 6.54 Å². The summed E-state index contributed by atoms with van der Waals surface area (Å²) in [7, 11) is 0. The fraction of sp³-hybridized carbons (Fsp3) is 0.182. The van der Waals surface area contributed by atoms with Gasteiger partial charge in [-0.3, -0.25) is 0 Å². The first kappa shape index (κ1) is 12.0. The lowest BCUT2D eigenvalue weighted by Gasteiger charge is -2.06. The Bertz CT molecular complexity index is 583. The summed E-state index contributed by atoms with van der Waals surface area (Å²) in [6, 6.07) is 2.61. The van der Waals surface area contributed by atoms with Gasteiger partial charge in [0.05, 0.1) is 12.7 Å². The molecule has 0 saturated heterocycles. The molecule has 0 aliphatic rings. The van der Waals surface area contributed by atoms with Crippen LogP contribution in [0, 0.1) is 12.7 Å². The van der Waals surface area contributed by atoms with Gasteiger partial charge in [-0.15, -0.1) is 0 Å². The Kier molecular flexibility index (Phi) is 3.22.